The van der Waals surface area contributed by atoms with Gasteiger partial charge in [0.15, 0.2) is 0 Å². The summed E-state index contributed by atoms with van der Waals surface area (Å²) in [5.74, 6) is -1.93. The molecule has 1 heterocycles. The van der Waals surface area contributed by atoms with E-state index >= 15 is 0 Å². The Kier molecular flexibility index (Phi) is 5.53. The molecule has 0 saturated carbocycles. The first-order valence-electron chi connectivity index (χ1n) is 6.93. The molecule has 6 nitrogen and oxygen atoms in total. The van der Waals surface area contributed by atoms with Crippen molar-refractivity contribution in [2.75, 3.05) is 37.8 Å². The van der Waals surface area contributed by atoms with Crippen molar-refractivity contribution in [3.8, 4) is 0 Å². The van der Waals surface area contributed by atoms with Gasteiger partial charge >= 0.3 is 0 Å². The summed E-state index contributed by atoms with van der Waals surface area (Å²) in [7, 11) is 3.89. The smallest absolute Gasteiger partial charge is 0.276 e. The molecule has 2 rings (SSSR count). The maximum atomic E-state index is 13.5. The predicted molar refractivity (Wildman–Crippen MR) is 83.4 cm³/mol. The molecule has 122 valence electrons. The molecule has 0 radical (unpaired) electrons. The van der Waals surface area contributed by atoms with E-state index in [1.165, 1.54) is 18.5 Å². The third-order valence-corrected chi connectivity index (χ3v) is 2.95. The standard InChI is InChI=1S/C15H17F2N5O/c1-22(2)7-6-18-13-9-19-12(8-20-13)15(23)21-14-10(16)4-3-5-11(14)17/h3-5,8-9H,6-7H2,1-2H3,(H,18,20)(H,21,23). The van der Waals surface area contributed by atoms with E-state index in [0.29, 0.717) is 12.4 Å². The number of amides is 1. The fraction of sp³-hybridized carbons (Fsp3) is 0.267. The fourth-order valence-corrected chi connectivity index (χ4v) is 1.74. The van der Waals surface area contributed by atoms with E-state index in [0.717, 1.165) is 18.7 Å². The summed E-state index contributed by atoms with van der Waals surface area (Å²) in [5.41, 5.74) is -0.543. The SMILES string of the molecule is CN(C)CCNc1cnc(C(=O)Nc2c(F)cccc2F)cn1. The van der Waals surface area contributed by atoms with Crippen LogP contribution in [0.1, 0.15) is 10.5 Å². The number of benzene rings is 1. The highest BCUT2D eigenvalue weighted by atomic mass is 19.1. The molecule has 0 unspecified atom stereocenters. The summed E-state index contributed by atoms with van der Waals surface area (Å²) in [6.07, 6.45) is 2.63. The molecule has 1 aromatic heterocycles. The molecule has 2 aromatic rings. The van der Waals surface area contributed by atoms with Crippen molar-refractivity contribution in [1.29, 1.82) is 0 Å². The number of anilines is 2. The number of nitrogens with zero attached hydrogens (tertiary/aromatic N) is 3. The van der Waals surface area contributed by atoms with Crippen molar-refractivity contribution < 1.29 is 13.6 Å². The summed E-state index contributed by atoms with van der Waals surface area (Å²) in [5, 5.41) is 5.20. The van der Waals surface area contributed by atoms with E-state index in [1.807, 2.05) is 19.0 Å². The molecule has 8 heteroatoms. The molecule has 0 aliphatic heterocycles. The average Bonchev–Trinajstić information content (AvgIpc) is 2.51. The fourth-order valence-electron chi connectivity index (χ4n) is 1.74. The summed E-state index contributed by atoms with van der Waals surface area (Å²) in [6.45, 7) is 1.49. The Labute approximate surface area is 132 Å². The van der Waals surface area contributed by atoms with Crippen molar-refractivity contribution in [2.45, 2.75) is 0 Å². The van der Waals surface area contributed by atoms with Crippen LogP contribution in [0.5, 0.6) is 0 Å². The number of para-hydroxylation sites is 1. The monoisotopic (exact) mass is 321 g/mol. The molecule has 0 aliphatic rings. The molecule has 0 bridgehead atoms. The maximum absolute atomic E-state index is 13.5. The van der Waals surface area contributed by atoms with Crippen LogP contribution in [0.2, 0.25) is 0 Å². The van der Waals surface area contributed by atoms with Gasteiger partial charge in [-0.3, -0.25) is 4.79 Å². The van der Waals surface area contributed by atoms with Crippen LogP contribution in [0, 0.1) is 11.6 Å². The lowest BCUT2D eigenvalue weighted by molar-refractivity contribution is 0.102. The zero-order chi connectivity index (χ0) is 16.8. The summed E-state index contributed by atoms with van der Waals surface area (Å²) in [6, 6.07) is 3.33. The van der Waals surface area contributed by atoms with E-state index in [4.69, 9.17) is 0 Å². The molecule has 0 aliphatic carbocycles. The van der Waals surface area contributed by atoms with Crippen molar-refractivity contribution in [2.24, 2.45) is 0 Å². The Morgan fingerprint density at radius 1 is 1.17 bits per heavy atom. The Morgan fingerprint density at radius 2 is 1.87 bits per heavy atom. The molecule has 0 saturated heterocycles. The number of nitrogens with one attached hydrogen (secondary N) is 2. The summed E-state index contributed by atoms with van der Waals surface area (Å²) >= 11 is 0. The van der Waals surface area contributed by atoms with Crippen LogP contribution in [0.3, 0.4) is 0 Å². The summed E-state index contributed by atoms with van der Waals surface area (Å²) in [4.78, 5) is 21.9. The lowest BCUT2D eigenvalue weighted by atomic mass is 10.3. The van der Waals surface area contributed by atoms with Crippen molar-refractivity contribution in [3.05, 3.63) is 47.9 Å². The molecule has 23 heavy (non-hydrogen) atoms. The number of carbonyl (C=O) groups excluding carboxylic acids is 1. The zero-order valence-electron chi connectivity index (χ0n) is 12.8. The van der Waals surface area contributed by atoms with Gasteiger partial charge in [0.05, 0.1) is 12.4 Å². The third-order valence-electron chi connectivity index (χ3n) is 2.95. The van der Waals surface area contributed by atoms with Gasteiger partial charge in [0.25, 0.3) is 5.91 Å². The number of hydrogen-bond acceptors (Lipinski definition) is 5. The molecule has 0 atom stereocenters. The van der Waals surface area contributed by atoms with Crippen molar-refractivity contribution in [3.63, 3.8) is 0 Å². The molecule has 1 amide bonds. The first kappa shape index (κ1) is 16.8. The minimum Gasteiger partial charge on any atom is -0.368 e. The Bertz CT molecular complexity index is 656. The first-order valence-corrected chi connectivity index (χ1v) is 6.93. The summed E-state index contributed by atoms with van der Waals surface area (Å²) < 4.78 is 27.0. The van der Waals surface area contributed by atoms with Crippen LogP contribution < -0.4 is 10.6 Å². The highest BCUT2D eigenvalue weighted by molar-refractivity contribution is 6.02. The topological polar surface area (TPSA) is 70.2 Å². The molecule has 2 N–H and O–H groups in total. The number of rotatable bonds is 6. The van der Waals surface area contributed by atoms with Crippen LogP contribution in [-0.2, 0) is 0 Å². The second kappa shape index (κ2) is 7.59. The Hall–Kier alpha value is -2.61. The lowest BCUT2D eigenvalue weighted by Gasteiger charge is -2.11. The van der Waals surface area contributed by atoms with Crippen LogP contribution in [0.25, 0.3) is 0 Å². The van der Waals surface area contributed by atoms with Gasteiger partial charge in [0.2, 0.25) is 0 Å². The van der Waals surface area contributed by atoms with E-state index < -0.39 is 23.2 Å². The van der Waals surface area contributed by atoms with Crippen LogP contribution in [0.15, 0.2) is 30.6 Å². The second-order valence-corrected chi connectivity index (χ2v) is 5.07. The van der Waals surface area contributed by atoms with Gasteiger partial charge in [0.1, 0.15) is 28.8 Å². The predicted octanol–water partition coefficient (Wildman–Crippen LogP) is 1.98. The Balaban J connectivity index is 2.00. The quantitative estimate of drug-likeness (QED) is 0.851. The largest absolute Gasteiger partial charge is 0.368 e. The minimum absolute atomic E-state index is 0.0363. The first-order chi connectivity index (χ1) is 11.0. The third kappa shape index (κ3) is 4.68. The van der Waals surface area contributed by atoms with Gasteiger partial charge in [-0.2, -0.15) is 0 Å². The van der Waals surface area contributed by atoms with E-state index in [9.17, 15) is 13.6 Å². The number of carbonyl (C=O) groups is 1. The maximum Gasteiger partial charge on any atom is 0.276 e. The van der Waals surface area contributed by atoms with Gasteiger partial charge in [-0.1, -0.05) is 6.07 Å². The highest BCUT2D eigenvalue weighted by Crippen LogP contribution is 2.18. The average molecular weight is 321 g/mol. The number of halogens is 2. The molecule has 0 fully saturated rings. The second-order valence-electron chi connectivity index (χ2n) is 5.07. The lowest BCUT2D eigenvalue weighted by Crippen LogP contribution is -2.21. The van der Waals surface area contributed by atoms with Gasteiger partial charge in [-0.15, -0.1) is 0 Å². The van der Waals surface area contributed by atoms with Gasteiger partial charge < -0.3 is 15.5 Å². The highest BCUT2D eigenvalue weighted by Gasteiger charge is 2.14. The van der Waals surface area contributed by atoms with Crippen LogP contribution >= 0.6 is 0 Å². The van der Waals surface area contributed by atoms with Crippen LogP contribution in [0.4, 0.5) is 20.3 Å². The van der Waals surface area contributed by atoms with Gasteiger partial charge in [-0.05, 0) is 26.2 Å². The molecular weight excluding hydrogens is 304 g/mol. The van der Waals surface area contributed by atoms with Crippen molar-refractivity contribution in [1.82, 2.24) is 14.9 Å². The van der Waals surface area contributed by atoms with Crippen molar-refractivity contribution >= 4 is 17.4 Å². The Morgan fingerprint density at radius 3 is 2.43 bits per heavy atom. The molecule has 0 spiro atoms. The minimum atomic E-state index is -0.853. The van der Waals surface area contributed by atoms with Gasteiger partial charge in [-0.25, -0.2) is 18.7 Å². The van der Waals surface area contributed by atoms with E-state index in [-0.39, 0.29) is 5.69 Å². The van der Waals surface area contributed by atoms with E-state index in [2.05, 4.69) is 20.6 Å². The molecular formula is C15H17F2N5O. The number of likely N-dealkylation sites (N-methyl/N-ethyl adjacent to an activating group) is 1. The van der Waals surface area contributed by atoms with Gasteiger partial charge in [0, 0.05) is 13.1 Å². The van der Waals surface area contributed by atoms with E-state index in [1.54, 1.807) is 0 Å². The van der Waals surface area contributed by atoms with Crippen LogP contribution in [-0.4, -0.2) is 48.0 Å². The molecule has 1 aromatic carbocycles. The zero-order valence-corrected chi connectivity index (χ0v) is 12.8. The normalized spacial score (nSPS) is 10.7. The number of aromatic nitrogens is 2. The number of hydrogen-bond donors (Lipinski definition) is 2.